The number of hydrogen-bond acceptors (Lipinski definition) is 6. The number of benzene rings is 1. The van der Waals surface area contributed by atoms with Crippen LogP contribution in [0.5, 0.6) is 0 Å². The van der Waals surface area contributed by atoms with Crippen LogP contribution in [0.25, 0.3) is 11.5 Å². The lowest BCUT2D eigenvalue weighted by Gasteiger charge is -2.19. The Kier molecular flexibility index (Phi) is 7.19. The molecule has 0 bridgehead atoms. The number of methoxy groups -OCH3 is 1. The van der Waals surface area contributed by atoms with Gasteiger partial charge in [-0.25, -0.2) is 4.98 Å². The van der Waals surface area contributed by atoms with Crippen LogP contribution in [0.3, 0.4) is 0 Å². The molecule has 2 aromatic heterocycles. The number of amidine groups is 1. The van der Waals surface area contributed by atoms with Crippen LogP contribution < -0.4 is 0 Å². The molecule has 0 aliphatic rings. The number of nitrogens with one attached hydrogen (secondary N) is 1. The highest BCUT2D eigenvalue weighted by Gasteiger charge is 2.13. The minimum atomic E-state index is 0.0481. The number of Topliss-reactive ketones (excluding diaryl/α,β-unsaturated/α-hetero) is 1. The zero-order valence-corrected chi connectivity index (χ0v) is 17.8. The van der Waals surface area contributed by atoms with Crippen LogP contribution in [0.4, 0.5) is 0 Å². The fraction of sp³-hybridized carbons (Fsp3) is 0.286. The monoisotopic (exact) mass is 431 g/mol. The molecule has 1 aromatic carbocycles. The molecule has 0 saturated heterocycles. The van der Waals surface area contributed by atoms with Gasteiger partial charge >= 0.3 is 0 Å². The average molecular weight is 432 g/mol. The SMILES string of the molecule is COCCN(C)C(=N)c1ccc(-c2nc(CCC(=O)c3ccc(Cl)s3)co2)cc1. The molecule has 0 radical (unpaired) electrons. The number of ketones is 1. The van der Waals surface area contributed by atoms with Crippen LogP contribution in [0.2, 0.25) is 4.34 Å². The van der Waals surface area contributed by atoms with E-state index in [-0.39, 0.29) is 5.78 Å². The Morgan fingerprint density at radius 2 is 2.03 bits per heavy atom. The number of rotatable bonds is 9. The molecule has 8 heteroatoms. The van der Waals surface area contributed by atoms with Gasteiger partial charge in [-0.15, -0.1) is 11.3 Å². The first-order chi connectivity index (χ1) is 14.0. The summed E-state index contributed by atoms with van der Waals surface area (Å²) in [4.78, 5) is 19.2. The van der Waals surface area contributed by atoms with Gasteiger partial charge in [0.1, 0.15) is 12.1 Å². The minimum absolute atomic E-state index is 0.0481. The summed E-state index contributed by atoms with van der Waals surface area (Å²) in [5.41, 5.74) is 2.36. The van der Waals surface area contributed by atoms with E-state index < -0.39 is 0 Å². The third-order valence-electron chi connectivity index (χ3n) is 4.43. The Balaban J connectivity index is 1.60. The number of oxazole rings is 1. The molecule has 0 unspecified atom stereocenters. The predicted octanol–water partition coefficient (Wildman–Crippen LogP) is 4.78. The van der Waals surface area contributed by atoms with Gasteiger partial charge in [0.15, 0.2) is 5.78 Å². The number of aryl methyl sites for hydroxylation is 1. The summed E-state index contributed by atoms with van der Waals surface area (Å²) in [5, 5.41) is 8.25. The van der Waals surface area contributed by atoms with E-state index in [1.165, 1.54) is 11.3 Å². The van der Waals surface area contributed by atoms with Crippen LogP contribution in [0.1, 0.15) is 27.3 Å². The van der Waals surface area contributed by atoms with Gasteiger partial charge in [-0.2, -0.15) is 0 Å². The Morgan fingerprint density at radius 3 is 2.69 bits per heavy atom. The average Bonchev–Trinajstić information content (AvgIpc) is 3.39. The van der Waals surface area contributed by atoms with E-state index in [0.717, 1.165) is 16.8 Å². The summed E-state index contributed by atoms with van der Waals surface area (Å²) < 4.78 is 11.2. The molecule has 3 aromatic rings. The van der Waals surface area contributed by atoms with Gasteiger partial charge in [-0.1, -0.05) is 23.7 Å². The third-order valence-corrected chi connectivity index (χ3v) is 5.70. The highest BCUT2D eigenvalue weighted by Crippen LogP contribution is 2.24. The quantitative estimate of drug-likeness (QED) is 0.299. The molecule has 0 fully saturated rings. The lowest BCUT2D eigenvalue weighted by Crippen LogP contribution is -2.29. The zero-order valence-electron chi connectivity index (χ0n) is 16.3. The molecule has 3 rings (SSSR count). The summed E-state index contributed by atoms with van der Waals surface area (Å²) >= 11 is 7.17. The molecular formula is C21H22ClN3O3S. The zero-order chi connectivity index (χ0) is 20.8. The maximum atomic E-state index is 12.2. The van der Waals surface area contributed by atoms with Crippen molar-refractivity contribution in [1.29, 1.82) is 5.41 Å². The van der Waals surface area contributed by atoms with Gasteiger partial charge in [-0.05, 0) is 24.3 Å². The number of ether oxygens (including phenoxy) is 1. The molecule has 0 amide bonds. The van der Waals surface area contributed by atoms with Crippen molar-refractivity contribution in [2.45, 2.75) is 12.8 Å². The summed E-state index contributed by atoms with van der Waals surface area (Å²) in [6.07, 6.45) is 2.44. The molecule has 29 heavy (non-hydrogen) atoms. The third kappa shape index (κ3) is 5.53. The molecule has 0 saturated carbocycles. The minimum Gasteiger partial charge on any atom is -0.444 e. The molecule has 0 aliphatic heterocycles. The van der Waals surface area contributed by atoms with Gasteiger partial charge in [0.25, 0.3) is 0 Å². The number of likely N-dealkylation sites (N-methyl/N-ethyl adjacent to an activating group) is 1. The van der Waals surface area contributed by atoms with Crippen molar-refractivity contribution in [3.63, 3.8) is 0 Å². The number of hydrogen-bond donors (Lipinski definition) is 1. The van der Waals surface area contributed by atoms with E-state index in [1.807, 2.05) is 36.2 Å². The van der Waals surface area contributed by atoms with Crippen molar-refractivity contribution < 1.29 is 13.9 Å². The van der Waals surface area contributed by atoms with E-state index in [4.69, 9.17) is 26.2 Å². The van der Waals surface area contributed by atoms with E-state index in [2.05, 4.69) is 4.98 Å². The van der Waals surface area contributed by atoms with Crippen LogP contribution in [-0.2, 0) is 11.2 Å². The van der Waals surface area contributed by atoms with E-state index in [1.54, 1.807) is 25.5 Å². The van der Waals surface area contributed by atoms with E-state index in [0.29, 0.717) is 46.9 Å². The summed E-state index contributed by atoms with van der Waals surface area (Å²) in [7, 11) is 3.51. The predicted molar refractivity (Wildman–Crippen MR) is 115 cm³/mol. The molecule has 0 atom stereocenters. The first-order valence-corrected chi connectivity index (χ1v) is 10.3. The van der Waals surface area contributed by atoms with Crippen molar-refractivity contribution >= 4 is 34.6 Å². The van der Waals surface area contributed by atoms with Crippen LogP contribution in [0, 0.1) is 5.41 Å². The van der Waals surface area contributed by atoms with Crippen molar-refractivity contribution in [2.24, 2.45) is 0 Å². The second-order valence-corrected chi connectivity index (χ2v) is 8.23. The van der Waals surface area contributed by atoms with Crippen molar-refractivity contribution in [3.05, 3.63) is 63.1 Å². The molecular weight excluding hydrogens is 410 g/mol. The van der Waals surface area contributed by atoms with Crippen molar-refractivity contribution in [3.8, 4) is 11.5 Å². The van der Waals surface area contributed by atoms with Crippen LogP contribution in [-0.4, -0.2) is 48.8 Å². The smallest absolute Gasteiger partial charge is 0.226 e. The topological polar surface area (TPSA) is 79.4 Å². The van der Waals surface area contributed by atoms with Crippen LogP contribution in [0.15, 0.2) is 47.1 Å². The van der Waals surface area contributed by atoms with Gasteiger partial charge < -0.3 is 14.1 Å². The lowest BCUT2D eigenvalue weighted by atomic mass is 10.1. The summed E-state index contributed by atoms with van der Waals surface area (Å²) in [6.45, 7) is 1.22. The number of nitrogens with zero attached hydrogens (tertiary/aromatic N) is 2. The molecule has 0 aliphatic carbocycles. The maximum Gasteiger partial charge on any atom is 0.226 e. The maximum absolute atomic E-state index is 12.2. The fourth-order valence-corrected chi connectivity index (χ4v) is 3.72. The number of halogens is 1. The van der Waals surface area contributed by atoms with Gasteiger partial charge in [0.05, 0.1) is 21.5 Å². The highest BCUT2D eigenvalue weighted by molar-refractivity contribution is 7.18. The van der Waals surface area contributed by atoms with Crippen LogP contribution >= 0.6 is 22.9 Å². The van der Waals surface area contributed by atoms with Gasteiger partial charge in [-0.3, -0.25) is 10.2 Å². The van der Waals surface area contributed by atoms with Crippen molar-refractivity contribution in [1.82, 2.24) is 9.88 Å². The molecule has 6 nitrogen and oxygen atoms in total. The first-order valence-electron chi connectivity index (χ1n) is 9.10. The Hall–Kier alpha value is -2.48. The molecule has 0 spiro atoms. The number of carbonyl (C=O) groups is 1. The van der Waals surface area contributed by atoms with E-state index in [9.17, 15) is 4.79 Å². The normalized spacial score (nSPS) is 10.9. The Labute approximate surface area is 178 Å². The number of thiophene rings is 1. The Bertz CT molecular complexity index is 981. The molecule has 2 heterocycles. The Morgan fingerprint density at radius 1 is 1.28 bits per heavy atom. The largest absolute Gasteiger partial charge is 0.444 e. The van der Waals surface area contributed by atoms with E-state index >= 15 is 0 Å². The first kappa shape index (κ1) is 21.2. The highest BCUT2D eigenvalue weighted by atomic mass is 35.5. The number of carbonyl (C=O) groups excluding carboxylic acids is 1. The fourth-order valence-electron chi connectivity index (χ4n) is 2.71. The molecule has 1 N–H and O–H groups in total. The number of aromatic nitrogens is 1. The second-order valence-electron chi connectivity index (χ2n) is 6.51. The summed E-state index contributed by atoms with van der Waals surface area (Å²) in [6, 6.07) is 11.0. The van der Waals surface area contributed by atoms with Crippen molar-refractivity contribution in [2.75, 3.05) is 27.3 Å². The summed E-state index contributed by atoms with van der Waals surface area (Å²) in [5.74, 6) is 0.971. The molecule has 152 valence electrons. The second kappa shape index (κ2) is 9.82. The standard InChI is InChI=1S/C21H22ClN3O3S/c1-25(11-12-27-2)20(23)14-3-5-15(6-4-14)21-24-16(13-28-21)7-8-17(26)18-9-10-19(22)29-18/h3-6,9-10,13,23H,7-8,11-12H2,1-2H3. The van der Waals surface area contributed by atoms with Gasteiger partial charge in [0, 0.05) is 44.7 Å². The lowest BCUT2D eigenvalue weighted by molar-refractivity contribution is 0.0986. The van der Waals surface area contributed by atoms with Gasteiger partial charge in [0.2, 0.25) is 5.89 Å².